The fourth-order valence-corrected chi connectivity index (χ4v) is 3.28. The number of ether oxygens (including phenoxy) is 2. The van der Waals surface area contributed by atoms with Gasteiger partial charge in [0, 0.05) is 18.0 Å². The van der Waals surface area contributed by atoms with Crippen LogP contribution in [0.15, 0.2) is 17.6 Å². The Morgan fingerprint density at radius 1 is 1.41 bits per heavy atom. The zero-order valence-electron chi connectivity index (χ0n) is 12.1. The van der Waals surface area contributed by atoms with Crippen molar-refractivity contribution >= 4 is 22.9 Å². The summed E-state index contributed by atoms with van der Waals surface area (Å²) in [5.41, 5.74) is 3.56. The molecular formula is C15H17ClN2O3S. The highest BCUT2D eigenvalue weighted by Crippen LogP contribution is 2.39. The molecular weight excluding hydrogens is 324 g/mol. The number of hydrogen-bond donors (Lipinski definition) is 2. The number of fused-ring (bicyclic) bond motifs is 1. The van der Waals surface area contributed by atoms with E-state index in [9.17, 15) is 5.11 Å². The summed E-state index contributed by atoms with van der Waals surface area (Å²) in [5.74, 6) is 1.14. The van der Waals surface area contributed by atoms with Gasteiger partial charge in [0.15, 0.2) is 11.5 Å². The molecule has 0 bridgehead atoms. The number of benzene rings is 1. The van der Waals surface area contributed by atoms with Crippen LogP contribution >= 0.6 is 22.9 Å². The molecule has 1 unspecified atom stereocenters. The predicted molar refractivity (Wildman–Crippen MR) is 86.0 cm³/mol. The van der Waals surface area contributed by atoms with Crippen molar-refractivity contribution < 1.29 is 14.6 Å². The van der Waals surface area contributed by atoms with E-state index < -0.39 is 6.10 Å². The molecule has 0 saturated heterocycles. The molecule has 1 aliphatic heterocycles. The SMILES string of the molecule is Cc1ncsc1CNCC(O)c1cc(Cl)c2c(c1)OCCO2. The van der Waals surface area contributed by atoms with Crippen molar-refractivity contribution in [1.82, 2.24) is 10.3 Å². The van der Waals surface area contributed by atoms with Crippen LogP contribution in [0.3, 0.4) is 0 Å². The van der Waals surface area contributed by atoms with Crippen LogP contribution in [-0.2, 0) is 6.54 Å². The lowest BCUT2D eigenvalue weighted by molar-refractivity contribution is 0.163. The summed E-state index contributed by atoms with van der Waals surface area (Å²) >= 11 is 7.79. The molecule has 0 amide bonds. The Morgan fingerprint density at radius 3 is 3.00 bits per heavy atom. The Hall–Kier alpha value is -1.34. The van der Waals surface area contributed by atoms with Gasteiger partial charge in [0.1, 0.15) is 13.2 Å². The van der Waals surface area contributed by atoms with Gasteiger partial charge in [0.25, 0.3) is 0 Å². The van der Waals surface area contributed by atoms with Crippen LogP contribution in [0.4, 0.5) is 0 Å². The van der Waals surface area contributed by atoms with E-state index in [1.807, 2.05) is 12.4 Å². The van der Waals surface area contributed by atoms with Crippen molar-refractivity contribution in [2.24, 2.45) is 0 Å². The fraction of sp³-hybridized carbons (Fsp3) is 0.400. The fourth-order valence-electron chi connectivity index (χ4n) is 2.26. The molecule has 0 fully saturated rings. The molecule has 0 radical (unpaired) electrons. The number of aryl methyl sites for hydroxylation is 1. The van der Waals surface area contributed by atoms with E-state index in [4.69, 9.17) is 21.1 Å². The smallest absolute Gasteiger partial charge is 0.179 e. The van der Waals surface area contributed by atoms with Gasteiger partial charge in [-0.05, 0) is 24.6 Å². The third-order valence-electron chi connectivity index (χ3n) is 3.47. The Labute approximate surface area is 137 Å². The van der Waals surface area contributed by atoms with Crippen LogP contribution in [0, 0.1) is 6.92 Å². The van der Waals surface area contributed by atoms with E-state index in [0.717, 1.165) is 5.69 Å². The lowest BCUT2D eigenvalue weighted by Crippen LogP contribution is -2.21. The van der Waals surface area contributed by atoms with E-state index in [-0.39, 0.29) is 0 Å². The molecule has 1 aliphatic rings. The molecule has 0 aliphatic carbocycles. The first-order valence-corrected chi connectivity index (χ1v) is 8.27. The Morgan fingerprint density at radius 2 is 2.23 bits per heavy atom. The molecule has 2 heterocycles. The molecule has 7 heteroatoms. The molecule has 22 heavy (non-hydrogen) atoms. The van der Waals surface area contributed by atoms with E-state index in [2.05, 4.69) is 10.3 Å². The molecule has 2 N–H and O–H groups in total. The number of hydrogen-bond acceptors (Lipinski definition) is 6. The minimum absolute atomic E-state index is 0.424. The quantitative estimate of drug-likeness (QED) is 0.876. The maximum absolute atomic E-state index is 10.3. The molecule has 118 valence electrons. The monoisotopic (exact) mass is 340 g/mol. The van der Waals surface area contributed by atoms with Crippen molar-refractivity contribution in [3.05, 3.63) is 38.8 Å². The second-order valence-corrected chi connectivity index (χ2v) is 6.38. The molecule has 1 atom stereocenters. The Kier molecular flexibility index (Phi) is 4.83. The Balaban J connectivity index is 1.63. The number of nitrogens with one attached hydrogen (secondary N) is 1. The number of aliphatic hydroxyl groups excluding tert-OH is 1. The summed E-state index contributed by atoms with van der Waals surface area (Å²) in [4.78, 5) is 5.37. The second kappa shape index (κ2) is 6.83. The molecule has 3 rings (SSSR count). The average molecular weight is 341 g/mol. The van der Waals surface area contributed by atoms with Gasteiger partial charge in [-0.15, -0.1) is 11.3 Å². The molecule has 1 aromatic carbocycles. The van der Waals surface area contributed by atoms with Crippen LogP contribution in [0.2, 0.25) is 5.02 Å². The van der Waals surface area contributed by atoms with E-state index in [0.29, 0.717) is 48.4 Å². The minimum atomic E-state index is -0.665. The topological polar surface area (TPSA) is 63.6 Å². The normalized spacial score (nSPS) is 14.9. The average Bonchev–Trinajstić information content (AvgIpc) is 2.92. The third-order valence-corrected chi connectivity index (χ3v) is 4.69. The summed E-state index contributed by atoms with van der Waals surface area (Å²) < 4.78 is 11.0. The van der Waals surface area contributed by atoms with Crippen LogP contribution in [0.5, 0.6) is 11.5 Å². The molecule has 1 aromatic heterocycles. The van der Waals surface area contributed by atoms with Gasteiger partial charge in [-0.2, -0.15) is 0 Å². The van der Waals surface area contributed by atoms with Crippen molar-refractivity contribution in [1.29, 1.82) is 0 Å². The summed E-state index contributed by atoms with van der Waals surface area (Å²) in [5, 5.41) is 14.0. The summed E-state index contributed by atoms with van der Waals surface area (Å²) in [6.07, 6.45) is -0.665. The lowest BCUT2D eigenvalue weighted by Gasteiger charge is -2.21. The van der Waals surface area contributed by atoms with E-state index in [1.165, 1.54) is 4.88 Å². The number of thiazole rings is 1. The standard InChI is InChI=1S/C15H17ClN2O3S/c1-9-14(22-8-18-9)7-17-6-12(19)10-4-11(16)15-13(5-10)20-2-3-21-15/h4-5,8,12,17,19H,2-3,6-7H2,1H3. The van der Waals surface area contributed by atoms with E-state index >= 15 is 0 Å². The van der Waals surface area contributed by atoms with Crippen molar-refractivity contribution in [2.45, 2.75) is 19.6 Å². The summed E-state index contributed by atoms with van der Waals surface area (Å²) in [7, 11) is 0. The van der Waals surface area contributed by atoms with Gasteiger partial charge < -0.3 is 19.9 Å². The van der Waals surface area contributed by atoms with E-state index in [1.54, 1.807) is 23.5 Å². The van der Waals surface area contributed by atoms with Crippen LogP contribution in [0.25, 0.3) is 0 Å². The van der Waals surface area contributed by atoms with Gasteiger partial charge in [0.05, 0.1) is 22.3 Å². The minimum Gasteiger partial charge on any atom is -0.486 e. The highest BCUT2D eigenvalue weighted by Gasteiger charge is 2.19. The lowest BCUT2D eigenvalue weighted by atomic mass is 10.1. The van der Waals surface area contributed by atoms with Gasteiger partial charge in [-0.25, -0.2) is 4.98 Å². The zero-order chi connectivity index (χ0) is 15.5. The number of aromatic nitrogens is 1. The maximum Gasteiger partial charge on any atom is 0.179 e. The summed E-state index contributed by atoms with van der Waals surface area (Å²) in [6.45, 7) is 4.07. The van der Waals surface area contributed by atoms with Crippen molar-refractivity contribution in [2.75, 3.05) is 19.8 Å². The molecule has 5 nitrogen and oxygen atoms in total. The maximum atomic E-state index is 10.3. The highest BCUT2D eigenvalue weighted by atomic mass is 35.5. The largest absolute Gasteiger partial charge is 0.486 e. The predicted octanol–water partition coefficient (Wildman–Crippen LogP) is 2.70. The molecule has 0 saturated carbocycles. The van der Waals surface area contributed by atoms with Crippen molar-refractivity contribution in [3.63, 3.8) is 0 Å². The van der Waals surface area contributed by atoms with Crippen LogP contribution in [-0.4, -0.2) is 29.8 Å². The van der Waals surface area contributed by atoms with Gasteiger partial charge in [-0.3, -0.25) is 0 Å². The first-order valence-electron chi connectivity index (χ1n) is 7.02. The van der Waals surface area contributed by atoms with Crippen molar-refractivity contribution in [3.8, 4) is 11.5 Å². The Bertz CT molecular complexity index is 662. The third kappa shape index (κ3) is 3.35. The number of nitrogens with zero attached hydrogens (tertiary/aromatic N) is 1. The van der Waals surface area contributed by atoms with Gasteiger partial charge >= 0.3 is 0 Å². The number of aliphatic hydroxyl groups is 1. The summed E-state index contributed by atoms with van der Waals surface area (Å²) in [6, 6.07) is 3.50. The van der Waals surface area contributed by atoms with Gasteiger partial charge in [0.2, 0.25) is 0 Å². The number of rotatable bonds is 5. The molecule has 0 spiro atoms. The zero-order valence-corrected chi connectivity index (χ0v) is 13.7. The van der Waals surface area contributed by atoms with Crippen LogP contribution < -0.4 is 14.8 Å². The first-order chi connectivity index (χ1) is 10.6. The van der Waals surface area contributed by atoms with Crippen LogP contribution in [0.1, 0.15) is 22.2 Å². The van der Waals surface area contributed by atoms with Gasteiger partial charge in [-0.1, -0.05) is 11.6 Å². The molecule has 2 aromatic rings. The second-order valence-electron chi connectivity index (χ2n) is 5.03. The first kappa shape index (κ1) is 15.6. The number of halogens is 1. The highest BCUT2D eigenvalue weighted by molar-refractivity contribution is 7.09.